The molecule has 1 heterocycles. The number of nitrogens with zero attached hydrogens (tertiary/aromatic N) is 3. The van der Waals surface area contributed by atoms with Crippen molar-refractivity contribution in [1.29, 1.82) is 5.26 Å². The zero-order valence-electron chi connectivity index (χ0n) is 8.15. The predicted molar refractivity (Wildman–Crippen MR) is 48.5 cm³/mol. The van der Waals surface area contributed by atoms with Gasteiger partial charge in [0.15, 0.2) is 0 Å². The summed E-state index contributed by atoms with van der Waals surface area (Å²) in [6, 6.07) is 2.02. The summed E-state index contributed by atoms with van der Waals surface area (Å²) < 4.78 is 6.18. The van der Waals surface area contributed by atoms with Crippen LogP contribution >= 0.6 is 0 Å². The Hall–Kier alpha value is -1.83. The van der Waals surface area contributed by atoms with Gasteiger partial charge in [-0.2, -0.15) is 10.4 Å². The summed E-state index contributed by atoms with van der Waals surface area (Å²) >= 11 is 0. The summed E-state index contributed by atoms with van der Waals surface area (Å²) in [5, 5.41) is 12.4. The summed E-state index contributed by atoms with van der Waals surface area (Å²) in [4.78, 5) is 11.3. The van der Waals surface area contributed by atoms with Gasteiger partial charge in [-0.25, -0.2) is 4.79 Å². The van der Waals surface area contributed by atoms with Gasteiger partial charge in [0.1, 0.15) is 5.56 Å². The Morgan fingerprint density at radius 2 is 2.50 bits per heavy atom. The second-order valence-electron chi connectivity index (χ2n) is 2.78. The van der Waals surface area contributed by atoms with Crippen molar-refractivity contribution in [2.75, 3.05) is 7.11 Å². The number of methoxy groups -OCH3 is 1. The molecule has 5 heteroatoms. The molecule has 14 heavy (non-hydrogen) atoms. The summed E-state index contributed by atoms with van der Waals surface area (Å²) in [6.45, 7) is 0. The first kappa shape index (κ1) is 10.3. The van der Waals surface area contributed by atoms with E-state index in [2.05, 4.69) is 9.84 Å². The van der Waals surface area contributed by atoms with Crippen molar-refractivity contribution in [2.24, 2.45) is 7.05 Å². The third-order valence-electron chi connectivity index (χ3n) is 1.94. The quantitative estimate of drug-likeness (QED) is 0.661. The van der Waals surface area contributed by atoms with E-state index in [0.29, 0.717) is 18.4 Å². The van der Waals surface area contributed by atoms with Gasteiger partial charge in [-0.05, 0) is 0 Å². The third-order valence-corrected chi connectivity index (χ3v) is 1.94. The van der Waals surface area contributed by atoms with Gasteiger partial charge in [0.2, 0.25) is 0 Å². The maximum atomic E-state index is 11.3. The molecule has 0 saturated carbocycles. The molecule has 0 aliphatic rings. The van der Waals surface area contributed by atoms with Gasteiger partial charge in [0.05, 0.1) is 25.1 Å². The van der Waals surface area contributed by atoms with E-state index in [0.717, 1.165) is 5.69 Å². The van der Waals surface area contributed by atoms with Crippen LogP contribution in [0.5, 0.6) is 0 Å². The highest BCUT2D eigenvalue weighted by Gasteiger charge is 2.15. The van der Waals surface area contributed by atoms with Crippen molar-refractivity contribution in [2.45, 2.75) is 12.8 Å². The van der Waals surface area contributed by atoms with Crippen LogP contribution in [0.1, 0.15) is 22.5 Å². The lowest BCUT2D eigenvalue weighted by Crippen LogP contribution is -2.06. The summed E-state index contributed by atoms with van der Waals surface area (Å²) in [5.74, 6) is -0.411. The molecule has 0 spiro atoms. The maximum absolute atomic E-state index is 11.3. The Balaban J connectivity index is 2.95. The molecule has 1 aromatic rings. The Kier molecular flexibility index (Phi) is 3.24. The maximum Gasteiger partial charge on any atom is 0.341 e. The first-order valence-electron chi connectivity index (χ1n) is 4.16. The number of aromatic nitrogens is 2. The van der Waals surface area contributed by atoms with Crippen LogP contribution in [0.25, 0.3) is 0 Å². The van der Waals surface area contributed by atoms with Gasteiger partial charge in [-0.15, -0.1) is 0 Å². The van der Waals surface area contributed by atoms with Gasteiger partial charge in [0, 0.05) is 19.9 Å². The zero-order chi connectivity index (χ0) is 10.6. The molecular weight excluding hydrogens is 182 g/mol. The highest BCUT2D eigenvalue weighted by molar-refractivity contribution is 5.90. The van der Waals surface area contributed by atoms with Gasteiger partial charge in [0.25, 0.3) is 0 Å². The van der Waals surface area contributed by atoms with Crippen LogP contribution in [-0.4, -0.2) is 22.9 Å². The van der Waals surface area contributed by atoms with E-state index in [4.69, 9.17) is 5.26 Å². The molecule has 1 aromatic heterocycles. The molecule has 0 aliphatic heterocycles. The molecule has 0 unspecified atom stereocenters. The SMILES string of the molecule is COC(=O)c1cnn(C)c1CCC#N. The number of ether oxygens (including phenoxy) is 1. The number of hydrogen-bond donors (Lipinski definition) is 0. The number of aryl methyl sites for hydroxylation is 1. The van der Waals surface area contributed by atoms with Crippen LogP contribution in [0.3, 0.4) is 0 Å². The minimum absolute atomic E-state index is 0.365. The predicted octanol–water partition coefficient (Wildman–Crippen LogP) is 0.663. The van der Waals surface area contributed by atoms with Gasteiger partial charge < -0.3 is 4.74 Å². The van der Waals surface area contributed by atoms with Crippen molar-refractivity contribution < 1.29 is 9.53 Å². The second kappa shape index (κ2) is 4.42. The Labute approximate surface area is 81.9 Å². The number of carbonyl (C=O) groups excluding carboxylic acids is 1. The van der Waals surface area contributed by atoms with Gasteiger partial charge >= 0.3 is 5.97 Å². The van der Waals surface area contributed by atoms with Crippen LogP contribution in [0.2, 0.25) is 0 Å². The fourth-order valence-corrected chi connectivity index (χ4v) is 1.21. The highest BCUT2D eigenvalue weighted by Crippen LogP contribution is 2.10. The molecule has 74 valence electrons. The minimum Gasteiger partial charge on any atom is -0.465 e. The topological polar surface area (TPSA) is 67.9 Å². The van der Waals surface area contributed by atoms with E-state index >= 15 is 0 Å². The van der Waals surface area contributed by atoms with Gasteiger partial charge in [-0.1, -0.05) is 0 Å². The average molecular weight is 193 g/mol. The number of esters is 1. The molecule has 0 radical (unpaired) electrons. The first-order valence-corrected chi connectivity index (χ1v) is 4.16. The number of nitriles is 1. The molecule has 0 atom stereocenters. The normalized spacial score (nSPS) is 9.50. The average Bonchev–Trinajstić information content (AvgIpc) is 2.56. The summed E-state index contributed by atoms with van der Waals surface area (Å²) in [5.41, 5.74) is 1.17. The highest BCUT2D eigenvalue weighted by atomic mass is 16.5. The number of rotatable bonds is 3. The molecule has 0 aromatic carbocycles. The van der Waals surface area contributed by atoms with Crippen LogP contribution < -0.4 is 0 Å². The Bertz CT molecular complexity index is 376. The number of carbonyl (C=O) groups is 1. The molecule has 0 saturated heterocycles. The Morgan fingerprint density at radius 1 is 1.79 bits per heavy atom. The third kappa shape index (κ3) is 1.91. The van der Waals surface area contributed by atoms with Crippen molar-refractivity contribution in [3.8, 4) is 6.07 Å². The lowest BCUT2D eigenvalue weighted by Gasteiger charge is -2.01. The molecule has 0 bridgehead atoms. The second-order valence-corrected chi connectivity index (χ2v) is 2.78. The molecule has 0 amide bonds. The molecule has 1 rings (SSSR count). The van der Waals surface area contributed by atoms with E-state index in [1.807, 2.05) is 6.07 Å². The fraction of sp³-hybridized carbons (Fsp3) is 0.444. The largest absolute Gasteiger partial charge is 0.465 e. The lowest BCUT2D eigenvalue weighted by molar-refractivity contribution is 0.0599. The van der Waals surface area contributed by atoms with E-state index in [9.17, 15) is 4.79 Å². The van der Waals surface area contributed by atoms with E-state index < -0.39 is 5.97 Å². The first-order chi connectivity index (χ1) is 6.70. The zero-order valence-corrected chi connectivity index (χ0v) is 8.15. The molecule has 0 N–H and O–H groups in total. The smallest absolute Gasteiger partial charge is 0.341 e. The van der Waals surface area contributed by atoms with Crippen molar-refractivity contribution in [1.82, 2.24) is 9.78 Å². The van der Waals surface area contributed by atoms with Crippen molar-refractivity contribution >= 4 is 5.97 Å². The van der Waals surface area contributed by atoms with Gasteiger partial charge in [-0.3, -0.25) is 4.68 Å². The van der Waals surface area contributed by atoms with Crippen molar-refractivity contribution in [3.05, 3.63) is 17.5 Å². The summed E-state index contributed by atoms with van der Waals surface area (Å²) in [7, 11) is 3.06. The Morgan fingerprint density at radius 3 is 3.07 bits per heavy atom. The van der Waals surface area contributed by atoms with Crippen LogP contribution in [0, 0.1) is 11.3 Å². The molecule has 5 nitrogen and oxygen atoms in total. The van der Waals surface area contributed by atoms with E-state index in [1.165, 1.54) is 13.3 Å². The van der Waals surface area contributed by atoms with Crippen LogP contribution in [0.15, 0.2) is 6.20 Å². The number of hydrogen-bond acceptors (Lipinski definition) is 4. The standard InChI is InChI=1S/C9H11N3O2/c1-12-8(4-3-5-10)7(6-11-12)9(13)14-2/h6H,3-4H2,1-2H3. The van der Waals surface area contributed by atoms with Crippen LogP contribution in [0.4, 0.5) is 0 Å². The minimum atomic E-state index is -0.411. The van der Waals surface area contributed by atoms with Crippen molar-refractivity contribution in [3.63, 3.8) is 0 Å². The molecule has 0 aliphatic carbocycles. The van der Waals surface area contributed by atoms with E-state index in [-0.39, 0.29) is 0 Å². The monoisotopic (exact) mass is 193 g/mol. The fourth-order valence-electron chi connectivity index (χ4n) is 1.21. The summed E-state index contributed by atoms with van der Waals surface area (Å²) in [6.07, 6.45) is 2.33. The lowest BCUT2D eigenvalue weighted by atomic mass is 10.1. The van der Waals surface area contributed by atoms with E-state index in [1.54, 1.807) is 11.7 Å². The van der Waals surface area contributed by atoms with Crippen LogP contribution in [-0.2, 0) is 18.2 Å². The molecular formula is C9H11N3O2. The molecule has 0 fully saturated rings.